The minimum absolute atomic E-state index is 0.564. The molecule has 0 fully saturated rings. The first kappa shape index (κ1) is 15.2. The van der Waals surface area contributed by atoms with Crippen LogP contribution in [0.3, 0.4) is 0 Å². The molecule has 1 aromatic heterocycles. The van der Waals surface area contributed by atoms with Gasteiger partial charge < -0.3 is 4.74 Å². The predicted molar refractivity (Wildman–Crippen MR) is 98.6 cm³/mol. The second-order valence-corrected chi connectivity index (χ2v) is 5.70. The van der Waals surface area contributed by atoms with E-state index in [1.54, 1.807) is 0 Å². The average Bonchev–Trinajstić information content (AvgIpc) is 3.19. The molecular weight excluding hydrogens is 308 g/mol. The maximum atomic E-state index is 5.82. The highest BCUT2D eigenvalue weighted by Crippen LogP contribution is 2.22. The molecule has 0 atom stereocenters. The second kappa shape index (κ2) is 7.05. The van der Waals surface area contributed by atoms with E-state index in [-0.39, 0.29) is 0 Å². The number of nitrogens with zero attached hydrogens (tertiary/aromatic N) is 2. The van der Waals surface area contributed by atoms with Crippen molar-refractivity contribution in [1.82, 2.24) is 9.78 Å². The van der Waals surface area contributed by atoms with Crippen LogP contribution in [0.5, 0.6) is 5.75 Å². The van der Waals surface area contributed by atoms with E-state index in [1.165, 1.54) is 0 Å². The van der Waals surface area contributed by atoms with Crippen molar-refractivity contribution >= 4 is 0 Å². The molecule has 1 heterocycles. The molecule has 0 aliphatic carbocycles. The Morgan fingerprint density at radius 3 is 2.20 bits per heavy atom. The Hall–Kier alpha value is -3.33. The van der Waals surface area contributed by atoms with Crippen LogP contribution in [0.25, 0.3) is 16.9 Å². The van der Waals surface area contributed by atoms with Crippen LogP contribution in [0.2, 0.25) is 0 Å². The van der Waals surface area contributed by atoms with Crippen molar-refractivity contribution in [3.63, 3.8) is 0 Å². The van der Waals surface area contributed by atoms with E-state index in [0.29, 0.717) is 6.61 Å². The van der Waals surface area contributed by atoms with Gasteiger partial charge in [0, 0.05) is 17.8 Å². The summed E-state index contributed by atoms with van der Waals surface area (Å²) in [6, 6.07) is 31.3. The number of benzene rings is 3. The van der Waals surface area contributed by atoms with Crippen molar-refractivity contribution in [2.75, 3.05) is 0 Å². The third kappa shape index (κ3) is 3.61. The summed E-state index contributed by atoms with van der Waals surface area (Å²) in [4.78, 5) is 0. The minimum atomic E-state index is 0.564. The average molecular weight is 325 g/mol. The van der Waals surface area contributed by atoms with E-state index < -0.39 is 0 Å². The highest BCUT2D eigenvalue weighted by atomic mass is 16.5. The molecule has 0 amide bonds. The molecule has 0 spiro atoms. The normalized spacial score (nSPS) is 10.6. The number of hydrogen-bond donors (Lipinski definition) is 0. The molecule has 0 aliphatic heterocycles. The van der Waals surface area contributed by atoms with E-state index in [4.69, 9.17) is 4.74 Å². The number of para-hydroxylation sites is 1. The summed E-state index contributed by atoms with van der Waals surface area (Å²) in [7, 11) is 0. The van der Waals surface area contributed by atoms with Gasteiger partial charge in [0.25, 0.3) is 0 Å². The van der Waals surface area contributed by atoms with Crippen molar-refractivity contribution in [2.24, 2.45) is 0 Å². The van der Waals surface area contributed by atoms with Crippen LogP contribution in [-0.4, -0.2) is 9.78 Å². The SMILES string of the molecule is [c]1cn(-c2ccccc2)nc1-c1ccc(OCc2ccccc2)cc1. The van der Waals surface area contributed by atoms with Crippen molar-refractivity contribution in [1.29, 1.82) is 0 Å². The molecule has 0 saturated carbocycles. The Balaban J connectivity index is 1.46. The van der Waals surface area contributed by atoms with Crippen molar-refractivity contribution in [3.05, 3.63) is 103 Å². The molecule has 0 aliphatic rings. The molecule has 4 rings (SSSR count). The Morgan fingerprint density at radius 1 is 0.800 bits per heavy atom. The number of rotatable bonds is 5. The van der Waals surface area contributed by atoms with Gasteiger partial charge in [-0.1, -0.05) is 48.5 Å². The molecule has 0 bridgehead atoms. The molecule has 3 nitrogen and oxygen atoms in total. The van der Waals surface area contributed by atoms with Gasteiger partial charge in [-0.25, -0.2) is 4.68 Å². The van der Waals surface area contributed by atoms with Gasteiger partial charge in [0.2, 0.25) is 0 Å². The quantitative estimate of drug-likeness (QED) is 0.521. The van der Waals surface area contributed by atoms with E-state index >= 15 is 0 Å². The van der Waals surface area contributed by atoms with Gasteiger partial charge in [0.15, 0.2) is 0 Å². The van der Waals surface area contributed by atoms with Crippen LogP contribution in [0.15, 0.2) is 91.1 Å². The van der Waals surface area contributed by atoms with Crippen molar-refractivity contribution < 1.29 is 4.74 Å². The summed E-state index contributed by atoms with van der Waals surface area (Å²) >= 11 is 0. The lowest BCUT2D eigenvalue weighted by Crippen LogP contribution is -1.95. The molecule has 3 heteroatoms. The molecule has 0 saturated heterocycles. The zero-order chi connectivity index (χ0) is 16.9. The van der Waals surface area contributed by atoms with Gasteiger partial charge in [0.05, 0.1) is 5.69 Å². The van der Waals surface area contributed by atoms with Crippen molar-refractivity contribution in [3.8, 4) is 22.7 Å². The van der Waals surface area contributed by atoms with Crippen LogP contribution in [0.4, 0.5) is 0 Å². The van der Waals surface area contributed by atoms with Crippen LogP contribution in [0, 0.1) is 6.07 Å². The molecule has 1 radical (unpaired) electrons. The zero-order valence-electron chi connectivity index (χ0n) is 13.7. The first-order valence-electron chi connectivity index (χ1n) is 8.18. The van der Waals surface area contributed by atoms with E-state index in [2.05, 4.69) is 23.3 Å². The lowest BCUT2D eigenvalue weighted by Gasteiger charge is -2.06. The monoisotopic (exact) mass is 325 g/mol. The lowest BCUT2D eigenvalue weighted by molar-refractivity contribution is 0.306. The number of ether oxygens (including phenoxy) is 1. The lowest BCUT2D eigenvalue weighted by atomic mass is 10.1. The van der Waals surface area contributed by atoms with E-state index in [1.807, 2.05) is 83.7 Å². The van der Waals surface area contributed by atoms with Crippen LogP contribution >= 0.6 is 0 Å². The second-order valence-electron chi connectivity index (χ2n) is 5.70. The predicted octanol–water partition coefficient (Wildman–Crippen LogP) is 4.92. The van der Waals surface area contributed by atoms with Gasteiger partial charge in [-0.15, -0.1) is 0 Å². The summed E-state index contributed by atoms with van der Waals surface area (Å²) in [5, 5.41) is 4.59. The third-order valence-electron chi connectivity index (χ3n) is 3.93. The maximum Gasteiger partial charge on any atom is 0.119 e. The van der Waals surface area contributed by atoms with Crippen LogP contribution in [-0.2, 0) is 6.61 Å². The van der Waals surface area contributed by atoms with Gasteiger partial charge in [-0.3, -0.25) is 0 Å². The minimum Gasteiger partial charge on any atom is -0.489 e. The summed E-state index contributed by atoms with van der Waals surface area (Å²) in [6.45, 7) is 0.564. The molecule has 25 heavy (non-hydrogen) atoms. The maximum absolute atomic E-state index is 5.82. The largest absolute Gasteiger partial charge is 0.489 e. The molecule has 121 valence electrons. The van der Waals surface area contributed by atoms with Gasteiger partial charge in [-0.2, -0.15) is 5.10 Å². The van der Waals surface area contributed by atoms with Gasteiger partial charge in [0.1, 0.15) is 18.1 Å². The fourth-order valence-corrected chi connectivity index (χ4v) is 2.59. The topological polar surface area (TPSA) is 27.1 Å². The Morgan fingerprint density at radius 2 is 1.48 bits per heavy atom. The molecule has 4 aromatic rings. The first-order chi connectivity index (χ1) is 12.4. The smallest absolute Gasteiger partial charge is 0.119 e. The number of aromatic nitrogens is 2. The van der Waals surface area contributed by atoms with Gasteiger partial charge >= 0.3 is 0 Å². The Kier molecular flexibility index (Phi) is 4.29. The van der Waals surface area contributed by atoms with E-state index in [9.17, 15) is 0 Å². The van der Waals surface area contributed by atoms with Gasteiger partial charge in [-0.05, 0) is 42.0 Å². The van der Waals surface area contributed by atoms with Crippen LogP contribution in [0.1, 0.15) is 5.56 Å². The van der Waals surface area contributed by atoms with Crippen molar-refractivity contribution in [2.45, 2.75) is 6.61 Å². The first-order valence-corrected chi connectivity index (χ1v) is 8.18. The van der Waals surface area contributed by atoms with Crippen LogP contribution < -0.4 is 4.74 Å². The Bertz CT molecular complexity index is 929. The zero-order valence-corrected chi connectivity index (χ0v) is 13.7. The summed E-state index contributed by atoms with van der Waals surface area (Å²) in [5.74, 6) is 0.843. The summed E-state index contributed by atoms with van der Waals surface area (Å²) < 4.78 is 7.65. The van der Waals surface area contributed by atoms with E-state index in [0.717, 1.165) is 28.3 Å². The highest BCUT2D eigenvalue weighted by molar-refractivity contribution is 5.59. The third-order valence-corrected chi connectivity index (χ3v) is 3.93. The molecule has 0 unspecified atom stereocenters. The fraction of sp³-hybridized carbons (Fsp3) is 0.0455. The molecule has 3 aromatic carbocycles. The fourth-order valence-electron chi connectivity index (χ4n) is 2.59. The molecule has 0 N–H and O–H groups in total. The summed E-state index contributed by atoms with van der Waals surface area (Å²) in [6.07, 6.45) is 1.85. The highest BCUT2D eigenvalue weighted by Gasteiger charge is 2.05. The standard InChI is InChI=1S/C22H17N2O/c1-3-7-18(8-4-1)17-25-21-13-11-19(12-14-21)22-15-16-24(23-22)20-9-5-2-6-10-20/h1-14,16H,17H2. The number of hydrogen-bond acceptors (Lipinski definition) is 2. The Labute approximate surface area is 147 Å². The molecular formula is C22H17N2O. The summed E-state index contributed by atoms with van der Waals surface area (Å²) in [5.41, 5.74) is 4.01.